The molecule has 1 atom stereocenters. The number of allylic oxidation sites excluding steroid dienone is 3. The van der Waals surface area contributed by atoms with Crippen LogP contribution in [-0.2, 0) is 17.8 Å². The first-order chi connectivity index (χ1) is 18.8. The van der Waals surface area contributed by atoms with Gasteiger partial charge in [0, 0.05) is 22.2 Å². The summed E-state index contributed by atoms with van der Waals surface area (Å²) >= 11 is 3.46. The minimum atomic E-state index is -0.505. The van der Waals surface area contributed by atoms with Crippen LogP contribution in [0.4, 0.5) is 5.69 Å². The van der Waals surface area contributed by atoms with Gasteiger partial charge in [0.2, 0.25) is 0 Å². The van der Waals surface area contributed by atoms with Crippen molar-refractivity contribution in [2.45, 2.75) is 59.0 Å². The van der Waals surface area contributed by atoms with Crippen molar-refractivity contribution in [2.75, 3.05) is 4.90 Å². The number of carbonyl (C=O) groups is 1. The molecule has 5 nitrogen and oxygen atoms in total. The minimum absolute atomic E-state index is 0.0908. The van der Waals surface area contributed by atoms with Gasteiger partial charge >= 0.3 is 0 Å². The lowest BCUT2D eigenvalue weighted by Crippen LogP contribution is -2.39. The number of ketones is 1. The maximum atomic E-state index is 13.6. The van der Waals surface area contributed by atoms with E-state index in [-0.39, 0.29) is 5.78 Å². The monoisotopic (exact) mass is 581 g/mol. The molecule has 2 N–H and O–H groups in total. The molecule has 1 aliphatic carbocycles. The highest BCUT2D eigenvalue weighted by Crippen LogP contribution is 2.47. The Hall–Kier alpha value is -3.82. The second-order valence-corrected chi connectivity index (χ2v) is 11.1. The van der Waals surface area contributed by atoms with E-state index in [1.807, 2.05) is 54.3 Å². The molecule has 39 heavy (non-hydrogen) atoms. The summed E-state index contributed by atoms with van der Waals surface area (Å²) in [5.41, 5.74) is 15.0. The van der Waals surface area contributed by atoms with Crippen LogP contribution in [0.25, 0.3) is 0 Å². The molecule has 0 fully saturated rings. The van der Waals surface area contributed by atoms with Crippen molar-refractivity contribution in [3.05, 3.63) is 116 Å². The predicted octanol–water partition coefficient (Wildman–Crippen LogP) is 7.51. The first-order valence-electron chi connectivity index (χ1n) is 13.4. The third-order valence-corrected chi connectivity index (χ3v) is 8.30. The minimum Gasteiger partial charge on any atom is -0.489 e. The van der Waals surface area contributed by atoms with Gasteiger partial charge in [-0.15, -0.1) is 0 Å². The number of Topliss-reactive ketones (excluding diaryl/α,β-unsaturated/α-hetero) is 1. The summed E-state index contributed by atoms with van der Waals surface area (Å²) in [7, 11) is 0. The molecule has 0 aromatic heterocycles. The first-order valence-corrected chi connectivity index (χ1v) is 14.2. The van der Waals surface area contributed by atoms with Gasteiger partial charge in [-0.1, -0.05) is 53.2 Å². The SMILES string of the molecule is CCc1ccccc1N1C(N)=C(C#N)C(c2cc(COc3ccc(Br)cc3)c(C)cc2C)C2=C1CCCC2=O. The average molecular weight is 583 g/mol. The summed E-state index contributed by atoms with van der Waals surface area (Å²) in [5, 5.41) is 10.5. The van der Waals surface area contributed by atoms with Crippen molar-refractivity contribution in [1.82, 2.24) is 0 Å². The lowest BCUT2D eigenvalue weighted by Gasteiger charge is -2.40. The molecule has 3 aromatic carbocycles. The van der Waals surface area contributed by atoms with Crippen molar-refractivity contribution >= 4 is 27.4 Å². The number of nitrogens with zero attached hydrogens (tertiary/aromatic N) is 2. The van der Waals surface area contributed by atoms with Crippen molar-refractivity contribution in [1.29, 1.82) is 5.26 Å². The topological polar surface area (TPSA) is 79.3 Å². The molecular formula is C33H32BrN3O2. The first kappa shape index (κ1) is 26.8. The zero-order valence-electron chi connectivity index (χ0n) is 22.6. The largest absolute Gasteiger partial charge is 0.489 e. The van der Waals surface area contributed by atoms with Crippen molar-refractivity contribution in [3.8, 4) is 11.8 Å². The zero-order valence-corrected chi connectivity index (χ0v) is 24.1. The molecule has 0 saturated heterocycles. The van der Waals surface area contributed by atoms with Gasteiger partial charge in [0.25, 0.3) is 0 Å². The maximum Gasteiger partial charge on any atom is 0.161 e. The number of anilines is 1. The van der Waals surface area contributed by atoms with Crippen LogP contribution < -0.4 is 15.4 Å². The molecule has 0 saturated carbocycles. The molecule has 1 heterocycles. The normalized spacial score (nSPS) is 17.3. The van der Waals surface area contributed by atoms with E-state index >= 15 is 0 Å². The summed E-state index contributed by atoms with van der Waals surface area (Å²) in [4.78, 5) is 15.6. The number of halogens is 1. The summed E-state index contributed by atoms with van der Waals surface area (Å²) in [5.74, 6) is 0.768. The summed E-state index contributed by atoms with van der Waals surface area (Å²) < 4.78 is 7.09. The standard InChI is InChI=1S/C33H32BrN3O2/c1-4-22-8-5-6-9-28(22)37-29-10-7-11-30(38)32(29)31(27(18-35)33(37)36)26-17-23(20(2)16-21(26)3)19-39-25-14-12-24(34)13-15-25/h5-6,8-9,12-17,31H,4,7,10-11,19,36H2,1-3H3. The number of rotatable bonds is 6. The molecule has 6 heteroatoms. The molecule has 3 aromatic rings. The van der Waals surface area contributed by atoms with Gasteiger partial charge in [-0.05, 0) is 91.3 Å². The van der Waals surface area contributed by atoms with E-state index in [1.54, 1.807) is 0 Å². The van der Waals surface area contributed by atoms with Crippen molar-refractivity contribution in [3.63, 3.8) is 0 Å². The van der Waals surface area contributed by atoms with Crippen LogP contribution in [0.15, 0.2) is 87.8 Å². The Morgan fingerprint density at radius 2 is 1.79 bits per heavy atom. The number of nitrogens with two attached hydrogens (primary N) is 1. The van der Waals surface area contributed by atoms with E-state index in [0.717, 1.165) is 68.7 Å². The van der Waals surface area contributed by atoms with Crippen LogP contribution >= 0.6 is 15.9 Å². The molecule has 1 aliphatic heterocycles. The van der Waals surface area contributed by atoms with Gasteiger partial charge in [0.1, 0.15) is 18.2 Å². The number of aryl methyl sites for hydroxylation is 3. The molecule has 0 spiro atoms. The van der Waals surface area contributed by atoms with Gasteiger partial charge < -0.3 is 10.5 Å². The Morgan fingerprint density at radius 1 is 1.05 bits per heavy atom. The lowest BCUT2D eigenvalue weighted by atomic mass is 9.74. The highest BCUT2D eigenvalue weighted by molar-refractivity contribution is 9.10. The van der Waals surface area contributed by atoms with Crippen LogP contribution in [0.1, 0.15) is 59.9 Å². The van der Waals surface area contributed by atoms with E-state index in [0.29, 0.717) is 30.0 Å². The predicted molar refractivity (Wildman–Crippen MR) is 158 cm³/mol. The summed E-state index contributed by atoms with van der Waals surface area (Å²) in [6, 6.07) is 22.5. The Balaban J connectivity index is 1.64. The Bertz CT molecular complexity index is 1550. The Kier molecular flexibility index (Phi) is 7.63. The number of nitriles is 1. The fourth-order valence-electron chi connectivity index (χ4n) is 5.78. The smallest absolute Gasteiger partial charge is 0.161 e. The molecule has 0 bridgehead atoms. The number of benzene rings is 3. The van der Waals surface area contributed by atoms with E-state index in [4.69, 9.17) is 10.5 Å². The number of ether oxygens (including phenoxy) is 1. The zero-order chi connectivity index (χ0) is 27.7. The summed E-state index contributed by atoms with van der Waals surface area (Å²) in [6.07, 6.45) is 2.80. The second-order valence-electron chi connectivity index (χ2n) is 10.2. The van der Waals surface area contributed by atoms with Crippen LogP contribution in [0.3, 0.4) is 0 Å². The molecule has 2 aliphatic rings. The third-order valence-electron chi connectivity index (χ3n) is 7.77. The Labute approximate surface area is 238 Å². The van der Waals surface area contributed by atoms with Gasteiger partial charge in [-0.2, -0.15) is 5.26 Å². The van der Waals surface area contributed by atoms with E-state index in [9.17, 15) is 10.1 Å². The summed E-state index contributed by atoms with van der Waals surface area (Å²) in [6.45, 7) is 6.59. The molecule has 0 radical (unpaired) electrons. The highest BCUT2D eigenvalue weighted by atomic mass is 79.9. The number of para-hydroxylation sites is 1. The van der Waals surface area contributed by atoms with Crippen LogP contribution in [0.2, 0.25) is 0 Å². The fourth-order valence-corrected chi connectivity index (χ4v) is 6.04. The van der Waals surface area contributed by atoms with Gasteiger partial charge in [-0.25, -0.2) is 0 Å². The van der Waals surface area contributed by atoms with Gasteiger partial charge in [0.15, 0.2) is 5.78 Å². The van der Waals surface area contributed by atoms with Crippen LogP contribution in [0, 0.1) is 25.2 Å². The molecule has 5 rings (SSSR count). The van der Waals surface area contributed by atoms with Gasteiger partial charge in [0.05, 0.1) is 23.2 Å². The molecule has 0 amide bonds. The van der Waals surface area contributed by atoms with E-state index in [2.05, 4.69) is 54.0 Å². The third kappa shape index (κ3) is 4.99. The van der Waals surface area contributed by atoms with Crippen LogP contribution in [0.5, 0.6) is 5.75 Å². The Morgan fingerprint density at radius 3 is 2.51 bits per heavy atom. The number of hydrogen-bond acceptors (Lipinski definition) is 5. The number of hydrogen-bond donors (Lipinski definition) is 1. The van der Waals surface area contributed by atoms with E-state index in [1.165, 1.54) is 0 Å². The molecular weight excluding hydrogens is 550 g/mol. The second kappa shape index (κ2) is 11.1. The van der Waals surface area contributed by atoms with Crippen LogP contribution in [-0.4, -0.2) is 5.78 Å². The van der Waals surface area contributed by atoms with Crippen molar-refractivity contribution < 1.29 is 9.53 Å². The fraction of sp³-hybridized carbons (Fsp3) is 0.273. The molecule has 198 valence electrons. The van der Waals surface area contributed by atoms with Crippen molar-refractivity contribution in [2.24, 2.45) is 5.73 Å². The van der Waals surface area contributed by atoms with Gasteiger partial charge in [-0.3, -0.25) is 9.69 Å². The average Bonchev–Trinajstić information content (AvgIpc) is 2.93. The van der Waals surface area contributed by atoms with E-state index < -0.39 is 5.92 Å². The quantitative estimate of drug-likeness (QED) is 0.325. The molecule has 1 unspecified atom stereocenters. The number of carbonyl (C=O) groups excluding carboxylic acids is 1. The highest BCUT2D eigenvalue weighted by Gasteiger charge is 2.41. The lowest BCUT2D eigenvalue weighted by molar-refractivity contribution is -0.116. The maximum absolute atomic E-state index is 13.6.